The van der Waals surface area contributed by atoms with E-state index in [1.807, 2.05) is 37.3 Å². The van der Waals surface area contributed by atoms with Crippen LogP contribution in [-0.4, -0.2) is 10.2 Å². The Balaban J connectivity index is 1.88. The second kappa shape index (κ2) is 6.91. The van der Waals surface area contributed by atoms with Crippen LogP contribution in [0.5, 0.6) is 0 Å². The first-order valence-corrected chi connectivity index (χ1v) is 9.13. The molecule has 0 spiro atoms. The maximum Gasteiger partial charge on any atom is 0.270 e. The average Bonchev–Trinajstić information content (AvgIpc) is 2.82. The van der Waals surface area contributed by atoms with Crippen LogP contribution in [0.3, 0.4) is 0 Å². The van der Waals surface area contributed by atoms with Crippen LogP contribution in [-0.2, 0) is 4.79 Å². The maximum atomic E-state index is 12.8. The van der Waals surface area contributed by atoms with E-state index in [-0.39, 0.29) is 5.91 Å². The molecule has 0 aromatic heterocycles. The van der Waals surface area contributed by atoms with Gasteiger partial charge in [0.05, 0.1) is 10.6 Å². The van der Waals surface area contributed by atoms with E-state index >= 15 is 0 Å². The van der Waals surface area contributed by atoms with Crippen molar-refractivity contribution in [3.8, 4) is 0 Å². The molecule has 0 saturated carbocycles. The third-order valence-electron chi connectivity index (χ3n) is 3.95. The van der Waals surface area contributed by atoms with Crippen molar-refractivity contribution in [3.63, 3.8) is 0 Å². The number of aryl methyl sites for hydroxylation is 1. The molecule has 1 aliphatic heterocycles. The number of thioether (sulfide) groups is 1. The normalized spacial score (nSPS) is 16.5. The lowest BCUT2D eigenvalue weighted by molar-refractivity contribution is -0.113. The van der Waals surface area contributed by atoms with Crippen LogP contribution in [0.2, 0.25) is 0 Å². The summed E-state index contributed by atoms with van der Waals surface area (Å²) in [5, 5.41) is 0. The molecule has 0 bridgehead atoms. The Kier molecular flexibility index (Phi) is 4.88. The lowest BCUT2D eigenvalue weighted by atomic mass is 10.0. The van der Waals surface area contributed by atoms with Gasteiger partial charge in [-0.05, 0) is 47.7 Å². The third kappa shape index (κ3) is 3.45. The van der Waals surface area contributed by atoms with Crippen molar-refractivity contribution in [1.29, 1.82) is 0 Å². The number of nitrogens with zero attached hydrogens (tertiary/aromatic N) is 1. The van der Waals surface area contributed by atoms with Crippen LogP contribution in [0.4, 0.5) is 5.69 Å². The van der Waals surface area contributed by atoms with Gasteiger partial charge in [-0.2, -0.15) is 0 Å². The minimum atomic E-state index is -0.0523. The predicted octanol–water partition coefficient (Wildman–Crippen LogP) is 5.52. The van der Waals surface area contributed by atoms with Gasteiger partial charge in [0.1, 0.15) is 0 Å². The topological polar surface area (TPSA) is 20.3 Å². The first kappa shape index (κ1) is 16.9. The number of anilines is 1. The van der Waals surface area contributed by atoms with Gasteiger partial charge in [0, 0.05) is 0 Å². The molecule has 2 nitrogen and oxygen atoms in total. The van der Waals surface area contributed by atoms with Crippen LogP contribution in [0.25, 0.3) is 6.08 Å². The summed E-state index contributed by atoms with van der Waals surface area (Å²) in [5.74, 6) is 0.446. The molecule has 0 unspecified atom stereocenters. The van der Waals surface area contributed by atoms with Gasteiger partial charge in [-0.3, -0.25) is 9.69 Å². The Labute approximate surface area is 152 Å². The van der Waals surface area contributed by atoms with Gasteiger partial charge in [-0.15, -0.1) is 0 Å². The molecule has 4 heteroatoms. The van der Waals surface area contributed by atoms with Gasteiger partial charge in [-0.25, -0.2) is 0 Å². The second-order valence-corrected chi connectivity index (χ2v) is 7.85. The molecule has 24 heavy (non-hydrogen) atoms. The maximum absolute atomic E-state index is 12.8. The third-order valence-corrected chi connectivity index (χ3v) is 5.26. The number of thiocarbonyl (C=S) groups is 1. The smallest absolute Gasteiger partial charge is 0.268 e. The molecule has 1 fully saturated rings. The van der Waals surface area contributed by atoms with E-state index in [1.165, 1.54) is 17.3 Å². The fraction of sp³-hybridized carbons (Fsp3) is 0.200. The summed E-state index contributed by atoms with van der Waals surface area (Å²) >= 11 is 6.78. The minimum absolute atomic E-state index is 0.0523. The summed E-state index contributed by atoms with van der Waals surface area (Å²) in [6, 6.07) is 16.2. The highest BCUT2D eigenvalue weighted by atomic mass is 32.2. The molecule has 2 aromatic carbocycles. The van der Waals surface area contributed by atoms with E-state index in [0.29, 0.717) is 15.1 Å². The van der Waals surface area contributed by atoms with Crippen LogP contribution < -0.4 is 4.90 Å². The quantitative estimate of drug-likeness (QED) is 0.535. The van der Waals surface area contributed by atoms with Crippen molar-refractivity contribution >= 4 is 46.0 Å². The Bertz CT molecular complexity index is 822. The molecule has 1 aliphatic rings. The summed E-state index contributed by atoms with van der Waals surface area (Å²) in [4.78, 5) is 15.0. The van der Waals surface area contributed by atoms with Crippen molar-refractivity contribution in [2.75, 3.05) is 4.90 Å². The standard InChI is InChI=1S/C20H19NOS2/c1-13(2)16-9-7-15(8-10-16)12-18-19(22)21(20(23)24-18)17-6-4-5-14(3)11-17/h4-13H,1-3H3. The van der Waals surface area contributed by atoms with Crippen LogP contribution in [0, 0.1) is 6.92 Å². The fourth-order valence-corrected chi connectivity index (χ4v) is 3.88. The molecular formula is C20H19NOS2. The summed E-state index contributed by atoms with van der Waals surface area (Å²) < 4.78 is 0.579. The van der Waals surface area contributed by atoms with Crippen LogP contribution in [0.15, 0.2) is 53.4 Å². The summed E-state index contributed by atoms with van der Waals surface area (Å²) in [6.07, 6.45) is 1.92. The van der Waals surface area contributed by atoms with Gasteiger partial charge in [0.25, 0.3) is 5.91 Å². The highest BCUT2D eigenvalue weighted by molar-refractivity contribution is 8.27. The van der Waals surface area contributed by atoms with Crippen LogP contribution in [0.1, 0.15) is 36.5 Å². The number of rotatable bonds is 3. The molecular weight excluding hydrogens is 334 g/mol. The van der Waals surface area contributed by atoms with Gasteiger partial charge < -0.3 is 0 Å². The molecule has 2 aromatic rings. The molecule has 1 saturated heterocycles. The zero-order valence-corrected chi connectivity index (χ0v) is 15.6. The summed E-state index contributed by atoms with van der Waals surface area (Å²) in [6.45, 7) is 6.34. The van der Waals surface area contributed by atoms with E-state index < -0.39 is 0 Å². The van der Waals surface area contributed by atoms with E-state index in [9.17, 15) is 4.79 Å². The number of benzene rings is 2. The van der Waals surface area contributed by atoms with Gasteiger partial charge in [0.2, 0.25) is 0 Å². The number of amides is 1. The largest absolute Gasteiger partial charge is 0.270 e. The van der Waals surface area contributed by atoms with Crippen molar-refractivity contribution in [1.82, 2.24) is 0 Å². The number of carbonyl (C=O) groups is 1. The number of hydrogen-bond acceptors (Lipinski definition) is 3. The Hall–Kier alpha value is -1.91. The lowest BCUT2D eigenvalue weighted by Crippen LogP contribution is -2.27. The molecule has 1 heterocycles. The highest BCUT2D eigenvalue weighted by Crippen LogP contribution is 2.36. The highest BCUT2D eigenvalue weighted by Gasteiger charge is 2.33. The van der Waals surface area contributed by atoms with Crippen molar-refractivity contribution in [2.45, 2.75) is 26.7 Å². The van der Waals surface area contributed by atoms with Gasteiger partial charge in [-0.1, -0.05) is 74.2 Å². The van der Waals surface area contributed by atoms with E-state index in [4.69, 9.17) is 12.2 Å². The average molecular weight is 354 g/mol. The zero-order valence-electron chi connectivity index (χ0n) is 13.9. The van der Waals surface area contributed by atoms with E-state index in [1.54, 1.807) is 4.90 Å². The summed E-state index contributed by atoms with van der Waals surface area (Å²) in [7, 11) is 0. The Morgan fingerprint density at radius 3 is 2.46 bits per heavy atom. The first-order valence-electron chi connectivity index (χ1n) is 7.90. The molecule has 0 atom stereocenters. The summed E-state index contributed by atoms with van der Waals surface area (Å²) in [5.41, 5.74) is 4.24. The molecule has 1 amide bonds. The van der Waals surface area contributed by atoms with Crippen molar-refractivity contribution in [3.05, 3.63) is 70.1 Å². The number of carbonyl (C=O) groups excluding carboxylic acids is 1. The van der Waals surface area contributed by atoms with Crippen LogP contribution >= 0.6 is 24.0 Å². The fourth-order valence-electron chi connectivity index (χ4n) is 2.59. The van der Waals surface area contributed by atoms with Gasteiger partial charge >= 0.3 is 0 Å². The second-order valence-electron chi connectivity index (χ2n) is 6.18. The van der Waals surface area contributed by atoms with E-state index in [2.05, 4.69) is 38.1 Å². The van der Waals surface area contributed by atoms with Crippen molar-refractivity contribution < 1.29 is 4.79 Å². The monoisotopic (exact) mass is 353 g/mol. The SMILES string of the molecule is Cc1cccc(N2C(=O)C(=Cc3ccc(C(C)C)cc3)SC2=S)c1. The molecule has 0 N–H and O–H groups in total. The lowest BCUT2D eigenvalue weighted by Gasteiger charge is -2.14. The molecule has 0 aliphatic carbocycles. The molecule has 122 valence electrons. The first-order chi connectivity index (χ1) is 11.5. The van der Waals surface area contributed by atoms with E-state index in [0.717, 1.165) is 16.8 Å². The Morgan fingerprint density at radius 1 is 1.12 bits per heavy atom. The predicted molar refractivity (Wildman–Crippen MR) is 107 cm³/mol. The number of hydrogen-bond donors (Lipinski definition) is 0. The molecule has 3 rings (SSSR count). The van der Waals surface area contributed by atoms with Gasteiger partial charge in [0.15, 0.2) is 4.32 Å². The van der Waals surface area contributed by atoms with Crippen molar-refractivity contribution in [2.24, 2.45) is 0 Å². The Morgan fingerprint density at radius 2 is 1.83 bits per heavy atom. The minimum Gasteiger partial charge on any atom is -0.268 e. The zero-order chi connectivity index (χ0) is 17.3. The molecule has 0 radical (unpaired) electrons.